The first-order valence-electron chi connectivity index (χ1n) is 10.8. The average Bonchev–Trinajstić information content (AvgIpc) is 3.45. The van der Waals surface area contributed by atoms with E-state index in [2.05, 4.69) is 25.0 Å². The molecule has 4 atom stereocenters. The van der Waals surface area contributed by atoms with Crippen LogP contribution in [0.3, 0.4) is 0 Å². The van der Waals surface area contributed by atoms with E-state index in [-0.39, 0.29) is 49.6 Å². The number of amides is 3. The molecule has 4 N–H and O–H groups in total. The van der Waals surface area contributed by atoms with Crippen LogP contribution in [0.5, 0.6) is 0 Å². The second-order valence-electron chi connectivity index (χ2n) is 7.74. The number of rotatable bonds is 14. The lowest BCUT2D eigenvalue weighted by molar-refractivity contribution is -0.221. The first-order chi connectivity index (χ1) is 15.8. The second-order valence-corrected chi connectivity index (χ2v) is 10.4. The SMILES string of the molecule is O=C(CCCCC1SCC2NC(=O)NC21)NCCOCCOP(=O)([O-])O/C=C1/C=CC(O)=C1. The zero-order valence-corrected chi connectivity index (χ0v) is 19.8. The van der Waals surface area contributed by atoms with Gasteiger partial charge in [0.25, 0.3) is 0 Å². The highest BCUT2D eigenvalue weighted by Crippen LogP contribution is 2.39. The lowest BCUT2D eigenvalue weighted by Gasteiger charge is -2.21. The van der Waals surface area contributed by atoms with E-state index < -0.39 is 7.82 Å². The highest BCUT2D eigenvalue weighted by Gasteiger charge is 2.42. The Bertz CT molecular complexity index is 849. The monoisotopic (exact) mass is 502 g/mol. The van der Waals surface area contributed by atoms with Gasteiger partial charge in [0.15, 0.2) is 0 Å². The summed E-state index contributed by atoms with van der Waals surface area (Å²) in [6.45, 7) is 0.353. The number of thioether (sulfide) groups is 1. The fourth-order valence-electron chi connectivity index (χ4n) is 3.61. The molecule has 0 aromatic carbocycles. The van der Waals surface area contributed by atoms with Gasteiger partial charge in [-0.15, -0.1) is 0 Å². The van der Waals surface area contributed by atoms with Crippen molar-refractivity contribution in [2.45, 2.75) is 43.0 Å². The van der Waals surface area contributed by atoms with Crippen molar-refractivity contribution >= 4 is 31.5 Å². The van der Waals surface area contributed by atoms with Gasteiger partial charge in [-0.2, -0.15) is 11.8 Å². The van der Waals surface area contributed by atoms with Crippen LogP contribution in [0.2, 0.25) is 0 Å². The van der Waals surface area contributed by atoms with E-state index in [4.69, 9.17) is 4.74 Å². The van der Waals surface area contributed by atoms with Crippen molar-refractivity contribution in [2.24, 2.45) is 0 Å². The van der Waals surface area contributed by atoms with Crippen molar-refractivity contribution in [1.29, 1.82) is 0 Å². The molecule has 2 fully saturated rings. The van der Waals surface area contributed by atoms with Gasteiger partial charge in [0.1, 0.15) is 5.76 Å². The summed E-state index contributed by atoms with van der Waals surface area (Å²) in [7, 11) is -4.52. The highest BCUT2D eigenvalue weighted by atomic mass is 32.2. The number of urea groups is 1. The average molecular weight is 503 g/mol. The van der Waals surface area contributed by atoms with E-state index in [1.165, 1.54) is 18.2 Å². The third-order valence-electron chi connectivity index (χ3n) is 5.21. The topological polar surface area (TPSA) is 158 Å². The molecular formula is C20H29N3O8PS-. The number of phosphoric acid groups is 1. The molecule has 3 aliphatic rings. The van der Waals surface area contributed by atoms with Gasteiger partial charge in [-0.1, -0.05) is 6.42 Å². The normalized spacial score (nSPS) is 26.5. The molecule has 3 amide bonds. The number of hydrogen-bond acceptors (Lipinski definition) is 9. The first-order valence-corrected chi connectivity index (χ1v) is 13.3. The minimum atomic E-state index is -4.52. The van der Waals surface area contributed by atoms with Crippen LogP contribution in [0, 0.1) is 0 Å². The van der Waals surface area contributed by atoms with Crippen LogP contribution >= 0.6 is 19.6 Å². The Labute approximate surface area is 196 Å². The first kappa shape index (κ1) is 25.6. The molecule has 0 bridgehead atoms. The number of carbonyl (C=O) groups excluding carboxylic acids is 2. The Morgan fingerprint density at radius 2 is 2.15 bits per heavy atom. The molecule has 2 saturated heterocycles. The van der Waals surface area contributed by atoms with Gasteiger partial charge in [0.2, 0.25) is 5.91 Å². The number of fused-ring (bicyclic) bond motifs is 1. The summed E-state index contributed by atoms with van der Waals surface area (Å²) in [6.07, 6.45) is 8.28. The maximum atomic E-state index is 11.9. The van der Waals surface area contributed by atoms with Gasteiger partial charge in [-0.3, -0.25) is 9.36 Å². The molecule has 2 heterocycles. The molecule has 184 valence electrons. The van der Waals surface area contributed by atoms with Crippen LogP contribution in [0.15, 0.2) is 35.8 Å². The Balaban J connectivity index is 1.14. The number of ether oxygens (including phenoxy) is 1. The summed E-state index contributed by atoms with van der Waals surface area (Å²) in [5.74, 6) is 0.873. The molecule has 3 rings (SSSR count). The smallest absolute Gasteiger partial charge is 0.319 e. The number of hydrogen-bond donors (Lipinski definition) is 4. The van der Waals surface area contributed by atoms with Crippen molar-refractivity contribution in [3.8, 4) is 0 Å². The zero-order valence-electron chi connectivity index (χ0n) is 18.1. The van der Waals surface area contributed by atoms with E-state index in [1.807, 2.05) is 11.8 Å². The van der Waals surface area contributed by atoms with Crippen molar-refractivity contribution in [3.63, 3.8) is 0 Å². The van der Waals surface area contributed by atoms with Crippen molar-refractivity contribution < 1.29 is 37.9 Å². The highest BCUT2D eigenvalue weighted by molar-refractivity contribution is 8.00. The number of phosphoric ester groups is 1. The predicted molar refractivity (Wildman–Crippen MR) is 120 cm³/mol. The van der Waals surface area contributed by atoms with E-state index in [9.17, 15) is 24.2 Å². The van der Waals surface area contributed by atoms with Crippen molar-refractivity contribution in [2.75, 3.05) is 32.1 Å². The van der Waals surface area contributed by atoms with Gasteiger partial charge in [0.05, 0.1) is 38.2 Å². The van der Waals surface area contributed by atoms with Crippen LogP contribution in [-0.4, -0.2) is 66.5 Å². The molecule has 0 aromatic heterocycles. The minimum absolute atomic E-state index is 0.00577. The quantitative estimate of drug-likeness (QED) is 0.119. The van der Waals surface area contributed by atoms with Gasteiger partial charge >= 0.3 is 13.9 Å². The van der Waals surface area contributed by atoms with E-state index >= 15 is 0 Å². The Hall–Kier alpha value is -1.98. The number of aliphatic hydroxyl groups excluding tert-OH is 1. The van der Waals surface area contributed by atoms with E-state index in [1.54, 1.807) is 0 Å². The largest absolute Gasteiger partial charge is 0.746 e. The number of aliphatic hydroxyl groups is 1. The molecule has 4 unspecified atom stereocenters. The number of allylic oxidation sites excluding steroid dienone is 4. The molecule has 13 heteroatoms. The molecule has 0 aromatic rings. The van der Waals surface area contributed by atoms with Crippen LogP contribution in [-0.2, 0) is 23.1 Å². The maximum absolute atomic E-state index is 11.9. The maximum Gasteiger partial charge on any atom is 0.319 e. The molecule has 1 aliphatic carbocycles. The summed E-state index contributed by atoms with van der Waals surface area (Å²) < 4.78 is 26.1. The van der Waals surface area contributed by atoms with E-state index in [0.717, 1.165) is 31.3 Å². The summed E-state index contributed by atoms with van der Waals surface area (Å²) in [4.78, 5) is 34.9. The molecule has 0 radical (unpaired) electrons. The van der Waals surface area contributed by atoms with Crippen LogP contribution in [0.25, 0.3) is 0 Å². The molecule has 33 heavy (non-hydrogen) atoms. The molecule has 11 nitrogen and oxygen atoms in total. The summed E-state index contributed by atoms with van der Waals surface area (Å²) >= 11 is 1.86. The summed E-state index contributed by atoms with van der Waals surface area (Å²) in [5, 5.41) is 18.2. The lowest BCUT2D eigenvalue weighted by Crippen LogP contribution is -2.36. The number of nitrogens with one attached hydrogen (secondary N) is 3. The fourth-order valence-corrected chi connectivity index (χ4v) is 5.77. The Morgan fingerprint density at radius 1 is 1.30 bits per heavy atom. The number of carbonyl (C=O) groups is 2. The zero-order chi connectivity index (χ0) is 23.7. The molecule has 0 saturated carbocycles. The fraction of sp³-hybridized carbons (Fsp3) is 0.600. The van der Waals surface area contributed by atoms with Gasteiger partial charge < -0.3 is 39.7 Å². The summed E-state index contributed by atoms with van der Waals surface area (Å²) in [5.41, 5.74) is 0.393. The van der Waals surface area contributed by atoms with E-state index in [0.29, 0.717) is 23.8 Å². The van der Waals surface area contributed by atoms with Crippen LogP contribution < -0.4 is 20.8 Å². The number of unbranched alkanes of at least 4 members (excludes halogenated alkanes) is 1. The third kappa shape index (κ3) is 8.71. The lowest BCUT2D eigenvalue weighted by atomic mass is 10.0. The summed E-state index contributed by atoms with van der Waals surface area (Å²) in [6, 6.07) is 0.314. The second kappa shape index (κ2) is 12.5. The van der Waals surface area contributed by atoms with Gasteiger partial charge in [-0.25, -0.2) is 4.79 Å². The van der Waals surface area contributed by atoms with Gasteiger partial charge in [0, 0.05) is 29.5 Å². The third-order valence-corrected chi connectivity index (χ3v) is 7.58. The standard InChI is InChI=1S/C20H30N3O8PS/c24-15-6-5-14(11-15)12-31-32(27,28)30-10-9-29-8-7-21-18(25)4-2-1-3-17-19-16(13-33-17)22-20(26)23-19/h5-6,11-12,16-17,19,24H,1-4,7-10,13H2,(H,21,25)(H,27,28)(H2,22,23,26)/p-1/b14-12-. The molecular weight excluding hydrogens is 473 g/mol. The molecule has 0 spiro atoms. The molecule has 2 aliphatic heterocycles. The van der Waals surface area contributed by atoms with Crippen LogP contribution in [0.4, 0.5) is 4.79 Å². The minimum Gasteiger partial charge on any atom is -0.746 e. The Morgan fingerprint density at radius 3 is 2.94 bits per heavy atom. The van der Waals surface area contributed by atoms with Crippen LogP contribution in [0.1, 0.15) is 25.7 Å². The Kier molecular flexibility index (Phi) is 9.69. The predicted octanol–water partition coefficient (Wildman–Crippen LogP) is 1.24. The van der Waals surface area contributed by atoms with Crippen molar-refractivity contribution in [3.05, 3.63) is 35.8 Å². The van der Waals surface area contributed by atoms with Crippen molar-refractivity contribution in [1.82, 2.24) is 16.0 Å². The van der Waals surface area contributed by atoms with Gasteiger partial charge in [-0.05, 0) is 31.1 Å².